The van der Waals surface area contributed by atoms with Crippen molar-refractivity contribution in [2.75, 3.05) is 12.4 Å². The number of nitro groups is 1. The van der Waals surface area contributed by atoms with Gasteiger partial charge in [0.25, 0.3) is 3.37 Å². The van der Waals surface area contributed by atoms with Crippen LogP contribution in [0.25, 0.3) is 11.2 Å². The summed E-state index contributed by atoms with van der Waals surface area (Å²) in [5.41, 5.74) is 6.82. The molecule has 2 heterocycles. The van der Waals surface area contributed by atoms with Gasteiger partial charge in [-0.05, 0) is 44.0 Å². The van der Waals surface area contributed by atoms with Crippen LogP contribution in [0.15, 0.2) is 29.0 Å². The van der Waals surface area contributed by atoms with Crippen LogP contribution >= 0.6 is 55.2 Å². The topological polar surface area (TPSA) is 145 Å². The van der Waals surface area contributed by atoms with Crippen molar-refractivity contribution in [1.82, 2.24) is 19.9 Å². The molecule has 2 atom stereocenters. The summed E-state index contributed by atoms with van der Waals surface area (Å²) in [4.78, 5) is 23.1. The van der Waals surface area contributed by atoms with Crippen LogP contribution in [0, 0.1) is 10.1 Å². The van der Waals surface area contributed by atoms with Crippen molar-refractivity contribution in [3.63, 3.8) is 0 Å². The Hall–Kier alpha value is -1.74. The number of aromatic amines is 1. The number of benzene rings is 1. The molecule has 2 aromatic heterocycles. The molecule has 0 aliphatic carbocycles. The number of methoxy groups -OCH3 is 1. The zero-order valence-corrected chi connectivity index (χ0v) is 19.1. The van der Waals surface area contributed by atoms with Crippen LogP contribution < -0.4 is 15.8 Å². The van der Waals surface area contributed by atoms with Gasteiger partial charge in [-0.3, -0.25) is 10.1 Å². The fraction of sp³-hybridized carbons (Fsp3) is 0.214. The van der Waals surface area contributed by atoms with Gasteiger partial charge in [0.15, 0.2) is 11.5 Å². The van der Waals surface area contributed by atoms with E-state index in [2.05, 4.69) is 57.1 Å². The molecule has 2 unspecified atom stereocenters. The van der Waals surface area contributed by atoms with Crippen LogP contribution in [-0.2, 0) is 4.99 Å². The first kappa shape index (κ1) is 22.0. The third kappa shape index (κ3) is 4.55. The lowest BCUT2D eigenvalue weighted by Crippen LogP contribution is -2.44. The summed E-state index contributed by atoms with van der Waals surface area (Å²) < 4.78 is 17.0. The molecule has 0 aliphatic heterocycles. The SMILES string of the molecule is COc1cccc(Nc2nc(C(N)(SC(F)(Cl)Br)[N+](=O)[O-])nc3nc[nH]c23)c1Br. The maximum absolute atomic E-state index is 13.9. The number of nitrogens with zero attached hydrogens (tertiary/aromatic N) is 4. The Morgan fingerprint density at radius 3 is 2.83 bits per heavy atom. The number of rotatable bonds is 7. The molecule has 10 nitrogen and oxygen atoms in total. The average molecular weight is 572 g/mol. The van der Waals surface area contributed by atoms with E-state index in [9.17, 15) is 14.5 Å². The van der Waals surface area contributed by atoms with Gasteiger partial charge in [-0.2, -0.15) is 0 Å². The third-order valence-electron chi connectivity index (χ3n) is 3.58. The zero-order valence-electron chi connectivity index (χ0n) is 14.3. The van der Waals surface area contributed by atoms with Crippen molar-refractivity contribution in [2.45, 2.75) is 8.36 Å². The monoisotopic (exact) mass is 569 g/mol. The van der Waals surface area contributed by atoms with E-state index in [0.717, 1.165) is 0 Å². The van der Waals surface area contributed by atoms with E-state index in [4.69, 9.17) is 22.1 Å². The lowest BCUT2D eigenvalue weighted by atomic mass is 10.3. The number of hydrogen-bond acceptors (Lipinski definition) is 9. The van der Waals surface area contributed by atoms with Gasteiger partial charge in [-0.15, -0.1) is 0 Å². The van der Waals surface area contributed by atoms with E-state index >= 15 is 0 Å². The number of H-pyrrole nitrogens is 1. The number of fused-ring (bicyclic) bond motifs is 1. The number of hydrogen-bond donors (Lipinski definition) is 3. The van der Waals surface area contributed by atoms with Gasteiger partial charge in [0, 0.05) is 11.8 Å². The molecule has 0 aliphatic rings. The van der Waals surface area contributed by atoms with E-state index in [-0.39, 0.29) is 23.2 Å². The average Bonchev–Trinajstić information content (AvgIpc) is 3.10. The number of ether oxygens (including phenoxy) is 1. The van der Waals surface area contributed by atoms with E-state index < -0.39 is 19.1 Å². The molecule has 0 amide bonds. The second-order valence-corrected chi connectivity index (χ2v) is 10.4. The first-order valence-corrected chi connectivity index (χ1v) is 10.3. The largest absolute Gasteiger partial charge is 0.495 e. The molecule has 3 rings (SSSR count). The number of aromatic nitrogens is 4. The molecule has 15 heteroatoms. The molecule has 0 bridgehead atoms. The van der Waals surface area contributed by atoms with Gasteiger partial charge >= 0.3 is 4.99 Å². The summed E-state index contributed by atoms with van der Waals surface area (Å²) in [6, 6.07) is 5.19. The molecular formula is C14H11Br2ClFN7O3S. The molecule has 4 N–H and O–H groups in total. The first-order chi connectivity index (χ1) is 13.5. The summed E-state index contributed by atoms with van der Waals surface area (Å²) in [7, 11) is 1.51. The van der Waals surface area contributed by atoms with Crippen molar-refractivity contribution in [2.24, 2.45) is 5.73 Å². The fourth-order valence-corrected chi connectivity index (χ4v) is 4.55. The Balaban J connectivity index is 2.14. The number of imidazole rings is 1. The van der Waals surface area contributed by atoms with Crippen molar-refractivity contribution < 1.29 is 14.1 Å². The van der Waals surface area contributed by atoms with Gasteiger partial charge in [0.2, 0.25) is 5.82 Å². The minimum Gasteiger partial charge on any atom is -0.495 e. The van der Waals surface area contributed by atoms with Crippen molar-refractivity contribution in [3.05, 3.63) is 44.9 Å². The van der Waals surface area contributed by atoms with Gasteiger partial charge in [-0.25, -0.2) is 25.1 Å². The molecule has 3 aromatic rings. The smallest absolute Gasteiger partial charge is 0.384 e. The minimum absolute atomic E-state index is 0.0251. The number of alkyl halides is 3. The molecule has 0 fully saturated rings. The molecule has 0 radical (unpaired) electrons. The van der Waals surface area contributed by atoms with Gasteiger partial charge < -0.3 is 15.0 Å². The normalized spacial score (nSPS) is 15.5. The van der Waals surface area contributed by atoms with Gasteiger partial charge in [-0.1, -0.05) is 17.7 Å². The predicted molar refractivity (Wildman–Crippen MR) is 115 cm³/mol. The lowest BCUT2D eigenvalue weighted by Gasteiger charge is -2.21. The number of nitrogens with two attached hydrogens (primary N) is 1. The summed E-state index contributed by atoms with van der Waals surface area (Å²) >= 11 is 11.3. The van der Waals surface area contributed by atoms with Gasteiger partial charge in [0.05, 0.1) is 28.5 Å². The fourth-order valence-electron chi connectivity index (χ4n) is 2.32. The second kappa shape index (κ2) is 8.18. The Labute approximate surface area is 188 Å². The highest BCUT2D eigenvalue weighted by molar-refractivity contribution is 9.12. The van der Waals surface area contributed by atoms with E-state index in [1.54, 1.807) is 18.2 Å². The van der Waals surface area contributed by atoms with Gasteiger partial charge in [0.1, 0.15) is 11.3 Å². The van der Waals surface area contributed by atoms with Crippen LogP contribution in [0.2, 0.25) is 0 Å². The van der Waals surface area contributed by atoms with E-state index in [0.29, 0.717) is 21.4 Å². The molecule has 1 aromatic carbocycles. The Kier molecular flexibility index (Phi) is 6.19. The highest BCUT2D eigenvalue weighted by Crippen LogP contribution is 2.47. The molecule has 0 spiro atoms. The van der Waals surface area contributed by atoms with Crippen molar-refractivity contribution in [1.29, 1.82) is 0 Å². The standard InChI is InChI=1S/C14H11Br2ClFN7O3S/c1-28-7-4-2-3-6(8(7)15)22-11-9-10(21-5-20-9)23-12(24-11)13(19,25(26)27)29-14(16,17)18/h2-5H,19H2,1H3,(H2,20,21,22,23,24). The first-order valence-electron chi connectivity index (χ1n) is 7.56. The molecule has 0 saturated heterocycles. The van der Waals surface area contributed by atoms with Crippen LogP contribution in [-0.4, -0.2) is 35.3 Å². The van der Waals surface area contributed by atoms with Crippen LogP contribution in [0.1, 0.15) is 5.82 Å². The van der Waals surface area contributed by atoms with Crippen LogP contribution in [0.3, 0.4) is 0 Å². The van der Waals surface area contributed by atoms with E-state index in [1.165, 1.54) is 13.4 Å². The van der Waals surface area contributed by atoms with E-state index in [1.807, 2.05) is 0 Å². The molecular weight excluding hydrogens is 561 g/mol. The summed E-state index contributed by atoms with van der Waals surface area (Å²) in [5.74, 6) is 0.167. The number of nitrogens with one attached hydrogen (secondary N) is 2. The second-order valence-electron chi connectivity index (χ2n) is 5.45. The van der Waals surface area contributed by atoms with Crippen molar-refractivity contribution >= 4 is 77.9 Å². The zero-order chi connectivity index (χ0) is 21.4. The number of anilines is 2. The highest BCUT2D eigenvalue weighted by atomic mass is 79.9. The van der Waals surface area contributed by atoms with Crippen LogP contribution in [0.4, 0.5) is 15.9 Å². The highest BCUT2D eigenvalue weighted by Gasteiger charge is 2.52. The number of thioether (sulfide) groups is 1. The summed E-state index contributed by atoms with van der Waals surface area (Å²) in [6.45, 7) is 0. The maximum Gasteiger partial charge on any atom is 0.384 e. The number of halogens is 4. The third-order valence-corrected chi connectivity index (χ3v) is 5.99. The Morgan fingerprint density at radius 2 is 2.21 bits per heavy atom. The lowest BCUT2D eigenvalue weighted by molar-refractivity contribution is -0.547. The molecule has 154 valence electrons. The quantitative estimate of drug-likeness (QED) is 0.165. The predicted octanol–water partition coefficient (Wildman–Crippen LogP) is 4.16. The molecule has 29 heavy (non-hydrogen) atoms. The minimum atomic E-state index is -2.72. The summed E-state index contributed by atoms with van der Waals surface area (Å²) in [6.07, 6.45) is 1.33. The van der Waals surface area contributed by atoms with Crippen LogP contribution in [0.5, 0.6) is 5.75 Å². The Morgan fingerprint density at radius 1 is 1.48 bits per heavy atom. The maximum atomic E-state index is 13.9. The Bertz CT molecular complexity index is 1080. The van der Waals surface area contributed by atoms with Crippen molar-refractivity contribution in [3.8, 4) is 5.75 Å². The summed E-state index contributed by atoms with van der Waals surface area (Å²) in [5, 5.41) is 14.7. The molecule has 0 saturated carbocycles.